The van der Waals surface area contributed by atoms with Crippen LogP contribution >= 0.6 is 11.8 Å². The number of fused-ring (bicyclic) bond motifs is 1. The number of aromatic nitrogens is 5. The Morgan fingerprint density at radius 1 is 0.968 bits per heavy atom. The van der Waals surface area contributed by atoms with Crippen LogP contribution < -0.4 is 0 Å². The van der Waals surface area contributed by atoms with Gasteiger partial charge in [-0.1, -0.05) is 60.3 Å². The number of rotatable bonds is 6. The van der Waals surface area contributed by atoms with Crippen molar-refractivity contribution in [3.8, 4) is 22.6 Å². The zero-order chi connectivity index (χ0) is 21.2. The first-order valence-corrected chi connectivity index (χ1v) is 10.8. The molecule has 5 rings (SSSR count). The van der Waals surface area contributed by atoms with Crippen molar-refractivity contribution in [2.45, 2.75) is 5.16 Å². The third-order valence-corrected chi connectivity index (χ3v) is 6.15. The summed E-state index contributed by atoms with van der Waals surface area (Å²) in [4.78, 5) is 20.9. The summed E-state index contributed by atoms with van der Waals surface area (Å²) in [6, 6.07) is 21.7. The SMILES string of the molecule is Cn1c(SCC(=O)c2c(-c3ccccc3)[nH]c3ccccc23)nnc1-c1cccnc1. The highest BCUT2D eigenvalue weighted by Crippen LogP contribution is 2.32. The number of pyridine rings is 1. The van der Waals surface area contributed by atoms with Crippen molar-refractivity contribution in [2.75, 3.05) is 5.75 Å². The monoisotopic (exact) mass is 425 g/mol. The molecule has 0 amide bonds. The summed E-state index contributed by atoms with van der Waals surface area (Å²) in [6.45, 7) is 0. The molecule has 3 heterocycles. The highest BCUT2D eigenvalue weighted by atomic mass is 32.2. The molecule has 0 aliphatic heterocycles. The van der Waals surface area contributed by atoms with E-state index in [1.807, 2.05) is 78.3 Å². The van der Waals surface area contributed by atoms with Gasteiger partial charge in [-0.2, -0.15) is 0 Å². The molecule has 3 aromatic heterocycles. The zero-order valence-corrected chi connectivity index (χ0v) is 17.6. The third kappa shape index (κ3) is 3.64. The summed E-state index contributed by atoms with van der Waals surface area (Å²) >= 11 is 1.39. The van der Waals surface area contributed by atoms with E-state index >= 15 is 0 Å². The molecule has 31 heavy (non-hydrogen) atoms. The smallest absolute Gasteiger partial charge is 0.191 e. The van der Waals surface area contributed by atoms with E-state index in [0.717, 1.165) is 33.5 Å². The summed E-state index contributed by atoms with van der Waals surface area (Å²) in [7, 11) is 1.90. The number of carbonyl (C=O) groups excluding carboxylic acids is 1. The molecular formula is C24H19N5OS. The van der Waals surface area contributed by atoms with Gasteiger partial charge in [0, 0.05) is 35.9 Å². The minimum atomic E-state index is 0.0484. The van der Waals surface area contributed by atoms with Crippen molar-refractivity contribution in [2.24, 2.45) is 7.05 Å². The van der Waals surface area contributed by atoms with Gasteiger partial charge in [0.15, 0.2) is 16.8 Å². The van der Waals surface area contributed by atoms with E-state index < -0.39 is 0 Å². The average molecular weight is 426 g/mol. The van der Waals surface area contributed by atoms with Crippen molar-refractivity contribution in [1.29, 1.82) is 0 Å². The molecule has 0 unspecified atom stereocenters. The summed E-state index contributed by atoms with van der Waals surface area (Å²) in [5, 5.41) is 10.2. The number of nitrogens with zero attached hydrogens (tertiary/aromatic N) is 4. The fourth-order valence-corrected chi connectivity index (χ4v) is 4.43. The number of nitrogens with one attached hydrogen (secondary N) is 1. The molecule has 0 spiro atoms. The van der Waals surface area contributed by atoms with Gasteiger partial charge in [0.1, 0.15) is 0 Å². The molecule has 0 aliphatic rings. The minimum Gasteiger partial charge on any atom is -0.354 e. The molecule has 2 aromatic carbocycles. The van der Waals surface area contributed by atoms with Crippen molar-refractivity contribution < 1.29 is 4.79 Å². The van der Waals surface area contributed by atoms with Gasteiger partial charge in [0.2, 0.25) is 0 Å². The highest BCUT2D eigenvalue weighted by molar-refractivity contribution is 7.99. The number of thioether (sulfide) groups is 1. The molecule has 0 fully saturated rings. The van der Waals surface area contributed by atoms with Gasteiger partial charge < -0.3 is 9.55 Å². The van der Waals surface area contributed by atoms with Crippen LogP contribution in [0.1, 0.15) is 10.4 Å². The number of H-pyrrole nitrogens is 1. The minimum absolute atomic E-state index is 0.0484. The lowest BCUT2D eigenvalue weighted by Gasteiger charge is -2.06. The van der Waals surface area contributed by atoms with Crippen LogP contribution in [0.3, 0.4) is 0 Å². The fourth-order valence-electron chi connectivity index (χ4n) is 3.64. The second kappa shape index (κ2) is 8.20. The number of Topliss-reactive ketones (excluding diaryl/α,β-unsaturated/α-hetero) is 1. The standard InChI is InChI=1S/C24H19N5OS/c1-29-23(17-10-7-13-25-14-17)27-28-24(29)31-15-20(30)21-18-11-5-6-12-19(18)26-22(21)16-8-3-2-4-9-16/h2-14,26H,15H2,1H3. The van der Waals surface area contributed by atoms with E-state index in [1.54, 1.807) is 12.4 Å². The van der Waals surface area contributed by atoms with E-state index in [2.05, 4.69) is 20.2 Å². The Bertz CT molecular complexity index is 1360. The fraction of sp³-hybridized carbons (Fsp3) is 0.0833. The number of aromatic amines is 1. The Morgan fingerprint density at radius 3 is 2.55 bits per heavy atom. The lowest BCUT2D eigenvalue weighted by Crippen LogP contribution is -2.05. The van der Waals surface area contributed by atoms with Crippen LogP contribution in [-0.2, 0) is 7.05 Å². The molecule has 0 saturated carbocycles. The molecule has 0 bridgehead atoms. The Balaban J connectivity index is 1.45. The number of ketones is 1. The maximum atomic E-state index is 13.4. The lowest BCUT2D eigenvalue weighted by atomic mass is 10.0. The van der Waals surface area contributed by atoms with Crippen LogP contribution in [0.25, 0.3) is 33.5 Å². The van der Waals surface area contributed by atoms with Crippen LogP contribution in [0.15, 0.2) is 84.3 Å². The van der Waals surface area contributed by atoms with Crippen LogP contribution in [0.2, 0.25) is 0 Å². The van der Waals surface area contributed by atoms with Crippen LogP contribution in [0, 0.1) is 0 Å². The molecule has 0 radical (unpaired) electrons. The van der Waals surface area contributed by atoms with Gasteiger partial charge in [0.25, 0.3) is 0 Å². The molecule has 6 nitrogen and oxygen atoms in total. The van der Waals surface area contributed by atoms with Crippen LogP contribution in [0.5, 0.6) is 0 Å². The Labute approximate surface area is 183 Å². The van der Waals surface area contributed by atoms with E-state index in [9.17, 15) is 4.79 Å². The van der Waals surface area contributed by atoms with Crippen LogP contribution in [-0.4, -0.2) is 36.3 Å². The van der Waals surface area contributed by atoms with Gasteiger partial charge in [0.05, 0.1) is 17.0 Å². The maximum Gasteiger partial charge on any atom is 0.191 e. The highest BCUT2D eigenvalue weighted by Gasteiger charge is 2.21. The molecule has 1 N–H and O–H groups in total. The predicted molar refractivity (Wildman–Crippen MR) is 123 cm³/mol. The molecule has 7 heteroatoms. The number of hydrogen-bond acceptors (Lipinski definition) is 5. The van der Waals surface area contributed by atoms with Crippen molar-refractivity contribution in [1.82, 2.24) is 24.7 Å². The summed E-state index contributed by atoms with van der Waals surface area (Å²) in [5.74, 6) is 1.04. The first-order valence-electron chi connectivity index (χ1n) is 9.84. The van der Waals surface area contributed by atoms with Crippen LogP contribution in [0.4, 0.5) is 0 Å². The third-order valence-electron chi connectivity index (χ3n) is 5.13. The zero-order valence-electron chi connectivity index (χ0n) is 16.8. The summed E-state index contributed by atoms with van der Waals surface area (Å²) < 4.78 is 1.89. The lowest BCUT2D eigenvalue weighted by molar-refractivity contribution is 0.102. The van der Waals surface area contributed by atoms with E-state index in [0.29, 0.717) is 10.7 Å². The molecule has 0 saturated heterocycles. The van der Waals surface area contributed by atoms with Gasteiger partial charge in [-0.15, -0.1) is 10.2 Å². The van der Waals surface area contributed by atoms with Gasteiger partial charge >= 0.3 is 0 Å². The second-order valence-electron chi connectivity index (χ2n) is 7.11. The molecule has 5 aromatic rings. The Hall–Kier alpha value is -3.71. The van der Waals surface area contributed by atoms with Gasteiger partial charge in [-0.25, -0.2) is 0 Å². The summed E-state index contributed by atoms with van der Waals surface area (Å²) in [6.07, 6.45) is 3.47. The largest absolute Gasteiger partial charge is 0.354 e. The number of hydrogen-bond donors (Lipinski definition) is 1. The van der Waals surface area contributed by atoms with Crippen molar-refractivity contribution in [3.05, 3.63) is 84.7 Å². The Kier molecular flexibility index (Phi) is 5.09. The van der Waals surface area contributed by atoms with Gasteiger partial charge in [-0.3, -0.25) is 9.78 Å². The van der Waals surface area contributed by atoms with Crippen molar-refractivity contribution >= 4 is 28.4 Å². The van der Waals surface area contributed by atoms with Gasteiger partial charge in [-0.05, 0) is 23.8 Å². The topological polar surface area (TPSA) is 76.5 Å². The predicted octanol–water partition coefficient (Wildman–Crippen LogP) is 5.00. The first-order chi connectivity index (χ1) is 15.2. The Morgan fingerprint density at radius 2 is 1.74 bits per heavy atom. The first kappa shape index (κ1) is 19.3. The van der Waals surface area contributed by atoms with E-state index in [4.69, 9.17) is 0 Å². The molecule has 0 aliphatic carbocycles. The van der Waals surface area contributed by atoms with Crippen molar-refractivity contribution in [3.63, 3.8) is 0 Å². The second-order valence-corrected chi connectivity index (χ2v) is 8.05. The number of para-hydroxylation sites is 1. The number of benzene rings is 2. The molecule has 152 valence electrons. The van der Waals surface area contributed by atoms with E-state index in [1.165, 1.54) is 11.8 Å². The van der Waals surface area contributed by atoms with E-state index in [-0.39, 0.29) is 11.5 Å². The normalized spacial score (nSPS) is 11.1. The summed E-state index contributed by atoms with van der Waals surface area (Å²) in [5.41, 5.74) is 4.39. The maximum absolute atomic E-state index is 13.4. The average Bonchev–Trinajstić information content (AvgIpc) is 3.39. The quantitative estimate of drug-likeness (QED) is 0.306. The molecule has 0 atom stereocenters. The molecular weight excluding hydrogens is 406 g/mol. The number of carbonyl (C=O) groups is 1.